The van der Waals surface area contributed by atoms with Crippen molar-refractivity contribution in [1.29, 1.82) is 0 Å². The highest BCUT2D eigenvalue weighted by atomic mass is 16.2. The van der Waals surface area contributed by atoms with Crippen LogP contribution >= 0.6 is 0 Å². The molecule has 2 amide bonds. The van der Waals surface area contributed by atoms with E-state index < -0.39 is 6.04 Å². The van der Waals surface area contributed by atoms with Crippen LogP contribution in [0.25, 0.3) is 0 Å². The van der Waals surface area contributed by atoms with Crippen LogP contribution < -0.4 is 10.6 Å². The van der Waals surface area contributed by atoms with Gasteiger partial charge in [-0.1, -0.05) is 26.8 Å². The van der Waals surface area contributed by atoms with Crippen molar-refractivity contribution in [2.24, 2.45) is 5.41 Å². The Morgan fingerprint density at radius 1 is 1.32 bits per heavy atom. The van der Waals surface area contributed by atoms with Gasteiger partial charge in [-0.2, -0.15) is 0 Å². The van der Waals surface area contributed by atoms with Crippen molar-refractivity contribution in [1.82, 2.24) is 15.6 Å². The number of carbonyl (C=O) groups is 2. The summed E-state index contributed by atoms with van der Waals surface area (Å²) in [5, 5.41) is 5.30. The summed E-state index contributed by atoms with van der Waals surface area (Å²) in [4.78, 5) is 27.8. The molecule has 1 rings (SSSR count). The molecule has 0 radical (unpaired) electrons. The van der Waals surface area contributed by atoms with Gasteiger partial charge in [0.25, 0.3) is 5.91 Å². The van der Waals surface area contributed by atoms with Crippen LogP contribution in [0.1, 0.15) is 37.7 Å². The Hall–Kier alpha value is -1.91. The molecule has 1 atom stereocenters. The number of nitrogens with zero attached hydrogens (tertiary/aromatic N) is 1. The lowest BCUT2D eigenvalue weighted by Gasteiger charge is -2.25. The zero-order valence-corrected chi connectivity index (χ0v) is 11.9. The number of aromatic nitrogens is 1. The van der Waals surface area contributed by atoms with Gasteiger partial charge in [0, 0.05) is 13.2 Å². The third-order valence-corrected chi connectivity index (χ3v) is 2.58. The highest BCUT2D eigenvalue weighted by molar-refractivity contribution is 5.96. The van der Waals surface area contributed by atoms with Crippen molar-refractivity contribution in [2.45, 2.75) is 33.2 Å². The smallest absolute Gasteiger partial charge is 0.270 e. The van der Waals surface area contributed by atoms with E-state index in [9.17, 15) is 9.59 Å². The Morgan fingerprint density at radius 3 is 2.47 bits per heavy atom. The van der Waals surface area contributed by atoms with Gasteiger partial charge in [-0.3, -0.25) is 14.6 Å². The molecule has 5 nitrogen and oxygen atoms in total. The molecule has 19 heavy (non-hydrogen) atoms. The minimum atomic E-state index is -0.556. The quantitative estimate of drug-likeness (QED) is 0.861. The van der Waals surface area contributed by atoms with Crippen LogP contribution in [-0.2, 0) is 4.79 Å². The topological polar surface area (TPSA) is 71.1 Å². The molecular formula is C14H21N3O2. The predicted octanol–water partition coefficient (Wildman–Crippen LogP) is 1.36. The van der Waals surface area contributed by atoms with Gasteiger partial charge in [0.15, 0.2) is 0 Å². The van der Waals surface area contributed by atoms with E-state index in [1.807, 2.05) is 20.8 Å². The number of pyridine rings is 1. The van der Waals surface area contributed by atoms with Crippen LogP contribution in [0.3, 0.4) is 0 Å². The van der Waals surface area contributed by atoms with Crippen molar-refractivity contribution in [3.05, 3.63) is 30.1 Å². The van der Waals surface area contributed by atoms with Crippen molar-refractivity contribution in [3.8, 4) is 0 Å². The second-order valence-corrected chi connectivity index (χ2v) is 5.62. The molecule has 0 fully saturated rings. The molecule has 2 N–H and O–H groups in total. The van der Waals surface area contributed by atoms with Crippen LogP contribution in [0.5, 0.6) is 0 Å². The van der Waals surface area contributed by atoms with Crippen molar-refractivity contribution in [3.63, 3.8) is 0 Å². The predicted molar refractivity (Wildman–Crippen MR) is 73.6 cm³/mol. The van der Waals surface area contributed by atoms with Crippen molar-refractivity contribution >= 4 is 11.8 Å². The van der Waals surface area contributed by atoms with Gasteiger partial charge in [0.2, 0.25) is 5.91 Å². The van der Waals surface area contributed by atoms with Gasteiger partial charge >= 0.3 is 0 Å². The fourth-order valence-corrected chi connectivity index (χ4v) is 1.73. The zero-order chi connectivity index (χ0) is 14.5. The largest absolute Gasteiger partial charge is 0.357 e. The summed E-state index contributed by atoms with van der Waals surface area (Å²) in [5.41, 5.74) is 0.250. The number of likely N-dealkylation sites (N-methyl/N-ethyl adjacent to an activating group) is 1. The highest BCUT2D eigenvalue weighted by Gasteiger charge is 2.26. The molecule has 1 unspecified atom stereocenters. The third kappa shape index (κ3) is 5.07. The van der Waals surface area contributed by atoms with Gasteiger partial charge in [-0.25, -0.2) is 0 Å². The molecule has 0 spiro atoms. The van der Waals surface area contributed by atoms with Gasteiger partial charge in [0.05, 0.1) is 0 Å². The summed E-state index contributed by atoms with van der Waals surface area (Å²) in [6.45, 7) is 6.07. The standard InChI is InChI=1S/C14H21N3O2/c1-14(2,3)9-11(12(18)15-4)17-13(19)10-7-5-6-8-16-10/h5-8,11H,9H2,1-4H3,(H,15,18)(H,17,19). The number of hydrogen-bond acceptors (Lipinski definition) is 3. The monoisotopic (exact) mass is 263 g/mol. The molecule has 0 aliphatic carbocycles. The third-order valence-electron chi connectivity index (χ3n) is 2.58. The second-order valence-electron chi connectivity index (χ2n) is 5.62. The molecule has 0 aliphatic heterocycles. The number of amides is 2. The summed E-state index contributed by atoms with van der Waals surface area (Å²) >= 11 is 0. The molecule has 0 aliphatic rings. The van der Waals surface area contributed by atoms with Crippen LogP contribution in [0.15, 0.2) is 24.4 Å². The fraction of sp³-hybridized carbons (Fsp3) is 0.500. The minimum Gasteiger partial charge on any atom is -0.357 e. The van der Waals surface area contributed by atoms with E-state index in [1.54, 1.807) is 31.4 Å². The molecule has 1 heterocycles. The van der Waals surface area contributed by atoms with E-state index in [0.29, 0.717) is 12.1 Å². The summed E-state index contributed by atoms with van der Waals surface area (Å²) < 4.78 is 0. The van der Waals surface area contributed by atoms with Crippen molar-refractivity contribution < 1.29 is 9.59 Å². The molecule has 1 aromatic rings. The fourth-order valence-electron chi connectivity index (χ4n) is 1.73. The van der Waals surface area contributed by atoms with Gasteiger partial charge in [0.1, 0.15) is 11.7 Å². The molecule has 1 aromatic heterocycles. The number of rotatable bonds is 4. The maximum Gasteiger partial charge on any atom is 0.270 e. The van der Waals surface area contributed by atoms with Crippen LogP contribution in [0.4, 0.5) is 0 Å². The molecule has 0 saturated carbocycles. The zero-order valence-electron chi connectivity index (χ0n) is 11.9. The number of nitrogens with one attached hydrogen (secondary N) is 2. The Bertz CT molecular complexity index is 438. The molecule has 0 saturated heterocycles. The van der Waals surface area contributed by atoms with Gasteiger partial charge in [-0.05, 0) is 24.0 Å². The normalized spacial score (nSPS) is 12.6. The molecular weight excluding hydrogens is 242 g/mol. The molecule has 0 bridgehead atoms. The van der Waals surface area contributed by atoms with Crippen LogP contribution in [0.2, 0.25) is 0 Å². The van der Waals surface area contributed by atoms with Gasteiger partial charge < -0.3 is 10.6 Å². The van der Waals surface area contributed by atoms with E-state index in [2.05, 4.69) is 15.6 Å². The summed E-state index contributed by atoms with van der Waals surface area (Å²) in [6.07, 6.45) is 2.11. The second kappa shape index (κ2) is 6.31. The summed E-state index contributed by atoms with van der Waals surface area (Å²) in [7, 11) is 1.56. The maximum atomic E-state index is 12.0. The molecule has 104 valence electrons. The maximum absolute atomic E-state index is 12.0. The van der Waals surface area contributed by atoms with E-state index in [0.717, 1.165) is 0 Å². The van der Waals surface area contributed by atoms with Gasteiger partial charge in [-0.15, -0.1) is 0 Å². The lowest BCUT2D eigenvalue weighted by Crippen LogP contribution is -2.47. The first kappa shape index (κ1) is 15.1. The average molecular weight is 263 g/mol. The lowest BCUT2D eigenvalue weighted by atomic mass is 9.87. The van der Waals surface area contributed by atoms with Crippen LogP contribution in [-0.4, -0.2) is 29.9 Å². The number of carbonyl (C=O) groups excluding carboxylic acids is 2. The Labute approximate surface area is 113 Å². The Kier molecular flexibility index (Phi) is 5.03. The first-order valence-corrected chi connectivity index (χ1v) is 6.27. The molecule has 5 heteroatoms. The highest BCUT2D eigenvalue weighted by Crippen LogP contribution is 2.21. The van der Waals surface area contributed by atoms with E-state index in [1.165, 1.54) is 0 Å². The first-order chi connectivity index (χ1) is 8.83. The minimum absolute atomic E-state index is 0.0609. The lowest BCUT2D eigenvalue weighted by molar-refractivity contribution is -0.123. The Morgan fingerprint density at radius 2 is 2.00 bits per heavy atom. The summed E-state index contributed by atoms with van der Waals surface area (Å²) in [5.74, 6) is -0.530. The average Bonchev–Trinajstić information content (AvgIpc) is 2.36. The number of hydrogen-bond donors (Lipinski definition) is 2. The Balaban J connectivity index is 2.78. The first-order valence-electron chi connectivity index (χ1n) is 6.27. The van der Waals surface area contributed by atoms with E-state index >= 15 is 0 Å². The van der Waals surface area contributed by atoms with E-state index in [4.69, 9.17) is 0 Å². The SMILES string of the molecule is CNC(=O)C(CC(C)(C)C)NC(=O)c1ccccn1. The molecule has 0 aromatic carbocycles. The van der Waals surface area contributed by atoms with Crippen LogP contribution in [0, 0.1) is 5.41 Å². The van der Waals surface area contributed by atoms with Crippen molar-refractivity contribution in [2.75, 3.05) is 7.05 Å². The van der Waals surface area contributed by atoms with E-state index in [-0.39, 0.29) is 17.2 Å². The summed E-state index contributed by atoms with van der Waals surface area (Å²) in [6, 6.07) is 4.54.